The molecule has 0 atom stereocenters. The Morgan fingerprint density at radius 1 is 1.67 bits per heavy atom. The number of nitrogens with zero attached hydrogens (tertiary/aromatic N) is 1. The highest BCUT2D eigenvalue weighted by Gasteiger charge is 2.04. The van der Waals surface area contributed by atoms with Crippen molar-refractivity contribution >= 4 is 13.7 Å². The van der Waals surface area contributed by atoms with Crippen LogP contribution in [0.5, 0.6) is 0 Å². The van der Waals surface area contributed by atoms with Crippen molar-refractivity contribution in [1.29, 1.82) is 5.41 Å². The molecule has 0 spiro atoms. The van der Waals surface area contributed by atoms with E-state index in [1.165, 1.54) is 0 Å². The van der Waals surface area contributed by atoms with Crippen molar-refractivity contribution in [3.63, 3.8) is 0 Å². The van der Waals surface area contributed by atoms with E-state index in [1.807, 2.05) is 0 Å². The van der Waals surface area contributed by atoms with Gasteiger partial charge < -0.3 is 10.6 Å². The number of hydrogen-bond donors (Lipinski definition) is 2. The number of nitrogen functional groups attached to an aromatic ring is 1. The van der Waals surface area contributed by atoms with E-state index in [0.717, 1.165) is 5.56 Å². The summed E-state index contributed by atoms with van der Waals surface area (Å²) in [7, 11) is 4.93. The highest BCUT2D eigenvalue weighted by Crippen LogP contribution is 1.96. The molecule has 0 unspecified atom stereocenters. The summed E-state index contributed by atoms with van der Waals surface area (Å²) in [4.78, 5) is 3.36. The minimum atomic E-state index is 0.259. The molecule has 0 saturated heterocycles. The van der Waals surface area contributed by atoms with Gasteiger partial charge in [0.05, 0.1) is 11.0 Å². The molecular weight excluding hydrogens is 113 g/mol. The summed E-state index contributed by atoms with van der Waals surface area (Å²) < 4.78 is 0. The number of nitrogens with one attached hydrogen (secondary N) is 1. The summed E-state index contributed by atoms with van der Waals surface area (Å²) in [5.41, 5.74) is 6.67. The average molecular weight is 119 g/mol. The van der Waals surface area contributed by atoms with E-state index in [-0.39, 0.29) is 5.36 Å². The molecule has 1 aromatic rings. The van der Waals surface area contributed by atoms with E-state index in [0.29, 0.717) is 11.0 Å². The van der Waals surface area contributed by atoms with Crippen molar-refractivity contribution in [2.45, 2.75) is 6.92 Å². The van der Waals surface area contributed by atoms with Gasteiger partial charge in [-0.3, -0.25) is 5.41 Å². The monoisotopic (exact) mass is 119 g/mol. The second kappa shape index (κ2) is 1.72. The maximum Gasteiger partial charge on any atom is 0.260 e. The largest absolute Gasteiger partial charge is 0.397 e. The summed E-state index contributed by atoms with van der Waals surface area (Å²) >= 11 is 0. The highest BCUT2D eigenvalue weighted by atomic mass is 14.7. The molecule has 1 rings (SSSR count). The summed E-state index contributed by atoms with van der Waals surface area (Å²) in [6.07, 6.45) is 0. The van der Waals surface area contributed by atoms with Gasteiger partial charge in [0.15, 0.2) is 0 Å². The van der Waals surface area contributed by atoms with Crippen molar-refractivity contribution in [1.82, 2.24) is 0 Å². The predicted octanol–water partition coefficient (Wildman–Crippen LogP) is -1.08. The SMILES string of the molecule is [B]/N=c1/c(C)c(N)c1=N. The molecule has 0 aliphatic carbocycles. The van der Waals surface area contributed by atoms with E-state index < -0.39 is 0 Å². The first kappa shape index (κ1) is 6.07. The van der Waals surface area contributed by atoms with Crippen LogP contribution in [0, 0.1) is 12.3 Å². The number of anilines is 1. The zero-order chi connectivity index (χ0) is 7.02. The van der Waals surface area contributed by atoms with E-state index in [1.54, 1.807) is 6.92 Å². The van der Waals surface area contributed by atoms with Gasteiger partial charge in [-0.05, 0) is 6.92 Å². The first-order chi connectivity index (χ1) is 4.18. The normalized spacial score (nSPS) is 12.8. The minimum absolute atomic E-state index is 0.259. The van der Waals surface area contributed by atoms with Crippen LogP contribution in [0.2, 0.25) is 0 Å². The van der Waals surface area contributed by atoms with Gasteiger partial charge >= 0.3 is 0 Å². The fraction of sp³-hybridized carbons (Fsp3) is 0.200. The second-order valence-electron chi connectivity index (χ2n) is 1.89. The maximum absolute atomic E-state index is 7.13. The van der Waals surface area contributed by atoms with Crippen LogP contribution in [0.1, 0.15) is 5.56 Å². The van der Waals surface area contributed by atoms with Crippen molar-refractivity contribution in [2.24, 2.45) is 4.90 Å². The van der Waals surface area contributed by atoms with Gasteiger partial charge in [-0.15, -0.1) is 0 Å². The quantitative estimate of drug-likeness (QED) is 0.419. The lowest BCUT2D eigenvalue weighted by Gasteiger charge is -2.03. The zero-order valence-corrected chi connectivity index (χ0v) is 5.10. The average Bonchev–Trinajstić information content (AvgIpc) is 1.89. The smallest absolute Gasteiger partial charge is 0.260 e. The number of rotatable bonds is 0. The van der Waals surface area contributed by atoms with Crippen LogP contribution in [0.25, 0.3) is 0 Å². The second-order valence-corrected chi connectivity index (χ2v) is 1.89. The van der Waals surface area contributed by atoms with Crippen molar-refractivity contribution in [3.8, 4) is 0 Å². The summed E-state index contributed by atoms with van der Waals surface area (Å²) in [6.45, 7) is 1.79. The van der Waals surface area contributed by atoms with Gasteiger partial charge in [0.1, 0.15) is 5.36 Å². The molecule has 0 bridgehead atoms. The molecule has 44 valence electrons. The van der Waals surface area contributed by atoms with Gasteiger partial charge in [0.25, 0.3) is 7.98 Å². The maximum atomic E-state index is 7.13. The lowest BCUT2D eigenvalue weighted by Crippen LogP contribution is -2.38. The van der Waals surface area contributed by atoms with Crippen LogP contribution in [0.15, 0.2) is 4.90 Å². The van der Waals surface area contributed by atoms with Crippen molar-refractivity contribution < 1.29 is 0 Å². The molecule has 3 N–H and O–H groups in total. The molecule has 0 aliphatic rings. The zero-order valence-electron chi connectivity index (χ0n) is 5.10. The topological polar surface area (TPSA) is 62.2 Å². The standard InChI is InChI=1S/C5H6BN3/c1-2-3(7)4(8)5(2)9-6/h8H,7H2,1H3/b8-4?,9-5-. The van der Waals surface area contributed by atoms with Crippen LogP contribution in [-0.2, 0) is 0 Å². The Hall–Kier alpha value is -1.06. The molecule has 0 aliphatic heterocycles. The van der Waals surface area contributed by atoms with Gasteiger partial charge in [-0.2, -0.15) is 0 Å². The molecule has 0 aromatic heterocycles. The van der Waals surface area contributed by atoms with Crippen LogP contribution < -0.4 is 16.4 Å². The molecule has 1 aromatic carbocycles. The Morgan fingerprint density at radius 3 is 2.44 bits per heavy atom. The molecule has 0 heterocycles. The molecule has 2 radical (unpaired) electrons. The fourth-order valence-corrected chi connectivity index (χ4v) is 0.729. The fourth-order valence-electron chi connectivity index (χ4n) is 0.729. The van der Waals surface area contributed by atoms with E-state index in [9.17, 15) is 0 Å². The predicted molar refractivity (Wildman–Crippen MR) is 35.1 cm³/mol. The lowest BCUT2D eigenvalue weighted by atomic mass is 10.1. The molecule has 0 fully saturated rings. The Kier molecular flexibility index (Phi) is 1.16. The van der Waals surface area contributed by atoms with E-state index >= 15 is 0 Å². The third kappa shape index (κ3) is 0.591. The molecule has 0 saturated carbocycles. The number of nitrogens with two attached hydrogens (primary N) is 1. The van der Waals surface area contributed by atoms with Crippen molar-refractivity contribution in [2.75, 3.05) is 5.73 Å². The Bertz CT molecular complexity index is 306. The van der Waals surface area contributed by atoms with Gasteiger partial charge in [0.2, 0.25) is 0 Å². The summed E-state index contributed by atoms with van der Waals surface area (Å²) in [6, 6.07) is 0. The summed E-state index contributed by atoms with van der Waals surface area (Å²) in [5, 5.41) is 7.91. The summed E-state index contributed by atoms with van der Waals surface area (Å²) in [5.74, 6) is 0. The number of hydrogen-bond acceptors (Lipinski definition) is 3. The molecule has 0 amide bonds. The van der Waals surface area contributed by atoms with Crippen LogP contribution in [0.4, 0.5) is 5.69 Å². The lowest BCUT2D eigenvalue weighted by molar-refractivity contribution is 1.12. The minimum Gasteiger partial charge on any atom is -0.397 e. The first-order valence-electron chi connectivity index (χ1n) is 2.52. The third-order valence-corrected chi connectivity index (χ3v) is 1.39. The van der Waals surface area contributed by atoms with Crippen LogP contribution in [-0.4, -0.2) is 7.98 Å². The molecular formula is C5H6BN3. The van der Waals surface area contributed by atoms with E-state index in [2.05, 4.69) is 4.90 Å². The highest BCUT2D eigenvalue weighted by molar-refractivity contribution is 6.05. The first-order valence-corrected chi connectivity index (χ1v) is 2.52. The van der Waals surface area contributed by atoms with Gasteiger partial charge in [-0.25, -0.2) is 0 Å². The molecule has 4 heteroatoms. The van der Waals surface area contributed by atoms with E-state index in [4.69, 9.17) is 19.1 Å². The van der Waals surface area contributed by atoms with Crippen LogP contribution >= 0.6 is 0 Å². The Labute approximate surface area is 53.9 Å². The molecule has 3 nitrogen and oxygen atoms in total. The Morgan fingerprint density at radius 2 is 2.22 bits per heavy atom. The van der Waals surface area contributed by atoms with Gasteiger partial charge in [-0.1, -0.05) is 0 Å². The van der Waals surface area contributed by atoms with Gasteiger partial charge in [0, 0.05) is 5.56 Å². The molecule has 9 heavy (non-hydrogen) atoms. The Balaban J connectivity index is 3.44. The van der Waals surface area contributed by atoms with Crippen LogP contribution in [0.3, 0.4) is 0 Å². The van der Waals surface area contributed by atoms with Crippen molar-refractivity contribution in [3.05, 3.63) is 16.3 Å². The third-order valence-electron chi connectivity index (χ3n) is 1.39.